The maximum absolute atomic E-state index is 12.9. The summed E-state index contributed by atoms with van der Waals surface area (Å²) in [6.45, 7) is 3.91. The van der Waals surface area contributed by atoms with E-state index in [1.54, 1.807) is 13.3 Å². The molecule has 29 heavy (non-hydrogen) atoms. The smallest absolute Gasteiger partial charge is 0.236 e. The zero-order valence-corrected chi connectivity index (χ0v) is 17.5. The standard InChI is InChI=1S/C23H30N4O2/c1-25(12-17-5-4-10-24-11-17)16-22(28)27-14-19-13-26(2)23(21(19)15-27)18-6-8-20(29-3)9-7-18/h4-11,19,21,23H,12-16H2,1-3H3/t19-,21+,23+/m0/s1. The van der Waals surface area contributed by atoms with Crippen molar-refractivity contribution in [1.29, 1.82) is 0 Å². The van der Waals surface area contributed by atoms with Gasteiger partial charge >= 0.3 is 0 Å². The van der Waals surface area contributed by atoms with E-state index < -0.39 is 0 Å². The maximum atomic E-state index is 12.9. The van der Waals surface area contributed by atoms with Gasteiger partial charge in [0.05, 0.1) is 13.7 Å². The predicted octanol–water partition coefficient (Wildman–Crippen LogP) is 2.28. The minimum atomic E-state index is 0.224. The minimum Gasteiger partial charge on any atom is -0.497 e. The molecule has 154 valence electrons. The Labute approximate surface area is 173 Å². The van der Waals surface area contributed by atoms with Crippen molar-refractivity contribution in [3.8, 4) is 5.75 Å². The number of pyridine rings is 1. The Morgan fingerprint density at radius 3 is 2.69 bits per heavy atom. The molecular formula is C23H30N4O2. The summed E-state index contributed by atoms with van der Waals surface area (Å²) in [7, 11) is 5.88. The minimum absolute atomic E-state index is 0.224. The van der Waals surface area contributed by atoms with Crippen molar-refractivity contribution in [2.45, 2.75) is 12.6 Å². The Bertz CT molecular complexity index is 827. The number of methoxy groups -OCH3 is 1. The number of rotatable bonds is 6. The van der Waals surface area contributed by atoms with Crippen molar-refractivity contribution < 1.29 is 9.53 Å². The van der Waals surface area contributed by atoms with Gasteiger partial charge in [0, 0.05) is 50.5 Å². The fraction of sp³-hybridized carbons (Fsp3) is 0.478. The van der Waals surface area contributed by atoms with Gasteiger partial charge in [-0.3, -0.25) is 19.6 Å². The molecule has 2 fully saturated rings. The lowest BCUT2D eigenvalue weighted by Crippen LogP contribution is -2.39. The number of benzene rings is 1. The molecule has 1 aromatic heterocycles. The van der Waals surface area contributed by atoms with Gasteiger partial charge in [-0.2, -0.15) is 0 Å². The van der Waals surface area contributed by atoms with Crippen molar-refractivity contribution in [3.63, 3.8) is 0 Å². The largest absolute Gasteiger partial charge is 0.497 e. The van der Waals surface area contributed by atoms with Crippen LogP contribution in [0.15, 0.2) is 48.8 Å². The van der Waals surface area contributed by atoms with Gasteiger partial charge in [-0.15, -0.1) is 0 Å². The number of carbonyl (C=O) groups excluding carboxylic acids is 1. The molecule has 6 nitrogen and oxygen atoms in total. The van der Waals surface area contributed by atoms with Crippen LogP contribution in [0.3, 0.4) is 0 Å². The summed E-state index contributed by atoms with van der Waals surface area (Å²) >= 11 is 0. The first-order chi connectivity index (χ1) is 14.0. The molecule has 2 aromatic rings. The van der Waals surface area contributed by atoms with Crippen LogP contribution in [0.4, 0.5) is 0 Å². The Kier molecular flexibility index (Phi) is 5.83. The molecule has 3 heterocycles. The van der Waals surface area contributed by atoms with Crippen LogP contribution < -0.4 is 4.74 Å². The molecule has 0 aliphatic carbocycles. The van der Waals surface area contributed by atoms with E-state index in [-0.39, 0.29) is 5.91 Å². The summed E-state index contributed by atoms with van der Waals surface area (Å²) in [5.74, 6) is 2.13. The van der Waals surface area contributed by atoms with Crippen LogP contribution in [0, 0.1) is 11.8 Å². The van der Waals surface area contributed by atoms with Crippen LogP contribution >= 0.6 is 0 Å². The Hall–Kier alpha value is -2.44. The molecule has 2 saturated heterocycles. The van der Waals surface area contributed by atoms with Crippen LogP contribution in [-0.4, -0.2) is 73.0 Å². The SMILES string of the molecule is COc1ccc([C@@H]2[C@@H]3CN(C(=O)CN(C)Cc4cccnc4)C[C@@H]3CN2C)cc1. The Morgan fingerprint density at radius 1 is 1.21 bits per heavy atom. The molecule has 0 bridgehead atoms. The van der Waals surface area contributed by atoms with Gasteiger partial charge in [0.1, 0.15) is 5.75 Å². The topological polar surface area (TPSA) is 48.9 Å². The third-order valence-corrected chi connectivity index (χ3v) is 6.29. The summed E-state index contributed by atoms with van der Waals surface area (Å²) < 4.78 is 5.30. The second kappa shape index (κ2) is 8.51. The molecule has 1 amide bonds. The molecule has 2 aliphatic rings. The first-order valence-electron chi connectivity index (χ1n) is 10.2. The molecule has 0 N–H and O–H groups in total. The summed E-state index contributed by atoms with van der Waals surface area (Å²) in [5, 5.41) is 0. The van der Waals surface area contributed by atoms with Gasteiger partial charge in [-0.25, -0.2) is 0 Å². The average molecular weight is 395 g/mol. The summed E-state index contributed by atoms with van der Waals surface area (Å²) in [5.41, 5.74) is 2.44. The van der Waals surface area contributed by atoms with Gasteiger partial charge in [0.25, 0.3) is 0 Å². The zero-order chi connectivity index (χ0) is 20.4. The summed E-state index contributed by atoms with van der Waals surface area (Å²) in [6, 6.07) is 12.7. The fourth-order valence-corrected chi connectivity index (χ4v) is 4.95. The molecule has 0 unspecified atom stereocenters. The van der Waals surface area contributed by atoms with Gasteiger partial charge in [0.15, 0.2) is 0 Å². The molecule has 3 atom stereocenters. The van der Waals surface area contributed by atoms with E-state index in [0.717, 1.165) is 37.5 Å². The van der Waals surface area contributed by atoms with E-state index in [1.165, 1.54) is 5.56 Å². The Balaban J connectivity index is 1.37. The number of hydrogen-bond donors (Lipinski definition) is 0. The number of hydrogen-bond acceptors (Lipinski definition) is 5. The fourth-order valence-electron chi connectivity index (χ4n) is 4.95. The lowest BCUT2D eigenvalue weighted by molar-refractivity contribution is -0.131. The monoisotopic (exact) mass is 394 g/mol. The van der Waals surface area contributed by atoms with Crippen molar-refractivity contribution in [3.05, 3.63) is 59.9 Å². The highest BCUT2D eigenvalue weighted by Gasteiger charge is 2.47. The zero-order valence-electron chi connectivity index (χ0n) is 17.5. The number of ether oxygens (including phenoxy) is 1. The second-order valence-corrected chi connectivity index (χ2v) is 8.41. The third kappa shape index (κ3) is 4.28. The van der Waals surface area contributed by atoms with E-state index in [9.17, 15) is 4.79 Å². The van der Waals surface area contributed by atoms with Crippen LogP contribution in [0.5, 0.6) is 5.75 Å². The van der Waals surface area contributed by atoms with E-state index in [2.05, 4.69) is 38.9 Å². The second-order valence-electron chi connectivity index (χ2n) is 8.41. The first-order valence-corrected chi connectivity index (χ1v) is 10.2. The van der Waals surface area contributed by atoms with Gasteiger partial charge in [0.2, 0.25) is 5.91 Å². The van der Waals surface area contributed by atoms with Crippen LogP contribution in [0.1, 0.15) is 17.2 Å². The molecular weight excluding hydrogens is 364 g/mol. The average Bonchev–Trinajstić information content (AvgIpc) is 3.25. The van der Waals surface area contributed by atoms with Gasteiger partial charge < -0.3 is 9.64 Å². The number of amides is 1. The molecule has 6 heteroatoms. The van der Waals surface area contributed by atoms with Crippen molar-refractivity contribution in [2.24, 2.45) is 11.8 Å². The van der Waals surface area contributed by atoms with E-state index in [1.807, 2.05) is 37.5 Å². The number of fused-ring (bicyclic) bond motifs is 1. The lowest BCUT2D eigenvalue weighted by Gasteiger charge is -2.28. The van der Waals surface area contributed by atoms with Crippen molar-refractivity contribution in [1.82, 2.24) is 19.7 Å². The highest BCUT2D eigenvalue weighted by molar-refractivity contribution is 5.78. The van der Waals surface area contributed by atoms with Gasteiger partial charge in [-0.05, 0) is 49.3 Å². The van der Waals surface area contributed by atoms with Crippen LogP contribution in [-0.2, 0) is 11.3 Å². The molecule has 0 radical (unpaired) electrons. The molecule has 2 aliphatic heterocycles. The highest BCUT2D eigenvalue weighted by Crippen LogP contribution is 2.44. The third-order valence-electron chi connectivity index (χ3n) is 6.29. The van der Waals surface area contributed by atoms with Gasteiger partial charge in [-0.1, -0.05) is 18.2 Å². The Morgan fingerprint density at radius 2 is 2.00 bits per heavy atom. The van der Waals surface area contributed by atoms with Crippen molar-refractivity contribution in [2.75, 3.05) is 47.4 Å². The summed E-state index contributed by atoms with van der Waals surface area (Å²) in [4.78, 5) is 23.7. The molecule has 4 rings (SSSR count). The number of carbonyl (C=O) groups is 1. The number of likely N-dealkylation sites (N-methyl/N-ethyl adjacent to an activating group) is 1. The molecule has 0 saturated carbocycles. The maximum Gasteiger partial charge on any atom is 0.236 e. The van der Waals surface area contributed by atoms with E-state index >= 15 is 0 Å². The number of nitrogens with zero attached hydrogens (tertiary/aromatic N) is 4. The van der Waals surface area contributed by atoms with E-state index in [0.29, 0.717) is 24.4 Å². The van der Waals surface area contributed by atoms with Crippen molar-refractivity contribution >= 4 is 5.91 Å². The van der Waals surface area contributed by atoms with Crippen LogP contribution in [0.25, 0.3) is 0 Å². The highest BCUT2D eigenvalue weighted by atomic mass is 16.5. The quantitative estimate of drug-likeness (QED) is 0.752. The molecule has 1 aromatic carbocycles. The molecule has 0 spiro atoms. The number of aromatic nitrogens is 1. The van der Waals surface area contributed by atoms with Crippen LogP contribution in [0.2, 0.25) is 0 Å². The van der Waals surface area contributed by atoms with E-state index in [4.69, 9.17) is 4.74 Å². The lowest BCUT2D eigenvalue weighted by atomic mass is 9.89. The summed E-state index contributed by atoms with van der Waals surface area (Å²) in [6.07, 6.45) is 3.63. The first kappa shape index (κ1) is 19.9. The number of likely N-dealkylation sites (tertiary alicyclic amines) is 2. The predicted molar refractivity (Wildman–Crippen MR) is 112 cm³/mol. The normalized spacial score (nSPS) is 24.1.